The van der Waals surface area contributed by atoms with Crippen LogP contribution in [0.15, 0.2) is 54.0 Å². The third kappa shape index (κ3) is 2.36. The summed E-state index contributed by atoms with van der Waals surface area (Å²) in [4.78, 5) is 4.54. The van der Waals surface area contributed by atoms with Crippen molar-refractivity contribution in [3.05, 3.63) is 59.6 Å². The van der Waals surface area contributed by atoms with Crippen molar-refractivity contribution in [3.63, 3.8) is 0 Å². The number of benzene rings is 2. The molecule has 4 rings (SSSR count). The quantitative estimate of drug-likeness (QED) is 0.591. The number of fused-ring (bicyclic) bond motifs is 3. The SMILES string of the molecule is NCCc1ccc(-c2c(O)ccc3ncc4sccc4c23)cc1. The number of aromatic hydroxyl groups is 1. The van der Waals surface area contributed by atoms with Crippen LogP contribution in [-0.2, 0) is 6.42 Å². The zero-order chi connectivity index (χ0) is 15.8. The summed E-state index contributed by atoms with van der Waals surface area (Å²) in [5.74, 6) is 0.282. The van der Waals surface area contributed by atoms with Crippen molar-refractivity contribution in [1.82, 2.24) is 4.98 Å². The van der Waals surface area contributed by atoms with Crippen molar-refractivity contribution in [1.29, 1.82) is 0 Å². The van der Waals surface area contributed by atoms with Crippen LogP contribution in [0, 0.1) is 0 Å². The number of phenols is 1. The van der Waals surface area contributed by atoms with Gasteiger partial charge in [0.1, 0.15) is 5.75 Å². The van der Waals surface area contributed by atoms with Crippen LogP contribution in [-0.4, -0.2) is 16.6 Å². The lowest BCUT2D eigenvalue weighted by Gasteiger charge is -2.11. The maximum Gasteiger partial charge on any atom is 0.124 e. The molecule has 0 bridgehead atoms. The van der Waals surface area contributed by atoms with Gasteiger partial charge in [0, 0.05) is 22.5 Å². The summed E-state index contributed by atoms with van der Waals surface area (Å²) in [5, 5.41) is 14.7. The van der Waals surface area contributed by atoms with Gasteiger partial charge in [0.15, 0.2) is 0 Å². The monoisotopic (exact) mass is 320 g/mol. The second-order valence-corrected chi connectivity index (χ2v) is 6.49. The molecule has 0 aliphatic rings. The Morgan fingerprint density at radius 1 is 1.04 bits per heavy atom. The molecule has 114 valence electrons. The summed E-state index contributed by atoms with van der Waals surface area (Å²) < 4.78 is 1.13. The Hall–Kier alpha value is -2.43. The van der Waals surface area contributed by atoms with Gasteiger partial charge in [-0.2, -0.15) is 0 Å². The van der Waals surface area contributed by atoms with E-state index in [-0.39, 0.29) is 5.75 Å². The first-order valence-electron chi connectivity index (χ1n) is 7.55. The third-order valence-electron chi connectivity index (χ3n) is 4.12. The number of nitrogens with two attached hydrogens (primary N) is 1. The number of thiophene rings is 1. The lowest BCUT2D eigenvalue weighted by atomic mass is 9.96. The minimum absolute atomic E-state index is 0.282. The number of hydrogen-bond donors (Lipinski definition) is 2. The fourth-order valence-electron chi connectivity index (χ4n) is 3.01. The molecule has 2 aromatic carbocycles. The second kappa shape index (κ2) is 5.65. The smallest absolute Gasteiger partial charge is 0.124 e. The summed E-state index contributed by atoms with van der Waals surface area (Å²) in [7, 11) is 0. The second-order valence-electron chi connectivity index (χ2n) is 5.55. The van der Waals surface area contributed by atoms with Gasteiger partial charge in [0.25, 0.3) is 0 Å². The maximum atomic E-state index is 10.5. The molecule has 0 spiro atoms. The highest BCUT2D eigenvalue weighted by Gasteiger charge is 2.13. The average Bonchev–Trinajstić information content (AvgIpc) is 3.05. The first kappa shape index (κ1) is 14.2. The summed E-state index contributed by atoms with van der Waals surface area (Å²) in [6, 6.07) is 13.9. The normalized spacial score (nSPS) is 11.3. The van der Waals surface area contributed by atoms with E-state index in [1.54, 1.807) is 17.4 Å². The molecule has 0 aliphatic heterocycles. The van der Waals surface area contributed by atoms with Crippen molar-refractivity contribution >= 4 is 32.3 Å². The van der Waals surface area contributed by atoms with Gasteiger partial charge in [0.2, 0.25) is 0 Å². The third-order valence-corrected chi connectivity index (χ3v) is 4.97. The number of aromatic nitrogens is 1. The molecule has 2 heterocycles. The number of hydrogen-bond acceptors (Lipinski definition) is 4. The van der Waals surface area contributed by atoms with Crippen molar-refractivity contribution in [2.45, 2.75) is 6.42 Å². The van der Waals surface area contributed by atoms with Crippen LogP contribution in [0.5, 0.6) is 5.75 Å². The van der Waals surface area contributed by atoms with Gasteiger partial charge >= 0.3 is 0 Å². The fourth-order valence-corrected chi connectivity index (χ4v) is 3.77. The first-order valence-corrected chi connectivity index (χ1v) is 8.43. The zero-order valence-corrected chi connectivity index (χ0v) is 13.3. The number of phenolic OH excluding ortho intramolecular Hbond substituents is 1. The fraction of sp³-hybridized carbons (Fsp3) is 0.105. The van der Waals surface area contributed by atoms with Crippen molar-refractivity contribution in [2.24, 2.45) is 5.73 Å². The molecule has 3 N–H and O–H groups in total. The highest BCUT2D eigenvalue weighted by molar-refractivity contribution is 7.17. The van der Waals surface area contributed by atoms with Crippen LogP contribution in [0.4, 0.5) is 0 Å². The zero-order valence-electron chi connectivity index (χ0n) is 12.5. The van der Waals surface area contributed by atoms with Gasteiger partial charge in [-0.15, -0.1) is 11.3 Å². The molecule has 0 radical (unpaired) electrons. The Labute approximate surface area is 138 Å². The van der Waals surface area contributed by atoms with Crippen molar-refractivity contribution in [3.8, 4) is 16.9 Å². The molecule has 0 saturated carbocycles. The molecule has 0 atom stereocenters. The van der Waals surface area contributed by atoms with Gasteiger partial charge in [-0.25, -0.2) is 0 Å². The van der Waals surface area contributed by atoms with E-state index in [9.17, 15) is 5.11 Å². The Morgan fingerprint density at radius 3 is 2.65 bits per heavy atom. The molecule has 4 aromatic rings. The highest BCUT2D eigenvalue weighted by atomic mass is 32.1. The van der Waals surface area contributed by atoms with E-state index < -0.39 is 0 Å². The molecule has 0 aliphatic carbocycles. The topological polar surface area (TPSA) is 59.1 Å². The largest absolute Gasteiger partial charge is 0.507 e. The molecule has 2 aromatic heterocycles. The summed E-state index contributed by atoms with van der Waals surface area (Å²) in [6.07, 6.45) is 2.76. The van der Waals surface area contributed by atoms with Crippen LogP contribution in [0.2, 0.25) is 0 Å². The lowest BCUT2D eigenvalue weighted by molar-refractivity contribution is 0.478. The average molecular weight is 320 g/mol. The van der Waals surface area contributed by atoms with Gasteiger partial charge in [-0.05, 0) is 47.7 Å². The molecule has 0 unspecified atom stereocenters. The minimum Gasteiger partial charge on any atom is -0.507 e. The van der Waals surface area contributed by atoms with E-state index in [4.69, 9.17) is 5.73 Å². The van der Waals surface area contributed by atoms with E-state index in [0.717, 1.165) is 38.5 Å². The summed E-state index contributed by atoms with van der Waals surface area (Å²) >= 11 is 1.66. The maximum absolute atomic E-state index is 10.5. The number of rotatable bonds is 3. The van der Waals surface area contributed by atoms with Gasteiger partial charge < -0.3 is 10.8 Å². The highest BCUT2D eigenvalue weighted by Crippen LogP contribution is 2.40. The van der Waals surface area contributed by atoms with E-state index in [1.165, 1.54) is 5.56 Å². The Balaban J connectivity index is 2.01. The molecule has 23 heavy (non-hydrogen) atoms. The molecule has 0 saturated heterocycles. The van der Waals surface area contributed by atoms with Crippen LogP contribution in [0.3, 0.4) is 0 Å². The molecular weight excluding hydrogens is 304 g/mol. The van der Waals surface area contributed by atoms with Crippen LogP contribution < -0.4 is 5.73 Å². The van der Waals surface area contributed by atoms with Crippen LogP contribution >= 0.6 is 11.3 Å². The van der Waals surface area contributed by atoms with E-state index in [0.29, 0.717) is 6.54 Å². The molecular formula is C19H16N2OS. The summed E-state index contributed by atoms with van der Waals surface area (Å²) in [5.41, 5.74) is 9.55. The van der Waals surface area contributed by atoms with E-state index in [1.807, 2.05) is 24.4 Å². The Morgan fingerprint density at radius 2 is 1.87 bits per heavy atom. The molecule has 0 fully saturated rings. The molecule has 4 heteroatoms. The predicted octanol–water partition coefficient (Wildman–Crippen LogP) is 4.32. The number of pyridine rings is 1. The summed E-state index contributed by atoms with van der Waals surface area (Å²) in [6.45, 7) is 0.637. The Bertz CT molecular complexity index is 990. The molecule has 0 amide bonds. The van der Waals surface area contributed by atoms with Crippen LogP contribution in [0.1, 0.15) is 5.56 Å². The molecule has 3 nitrogen and oxygen atoms in total. The van der Waals surface area contributed by atoms with Crippen LogP contribution in [0.25, 0.3) is 32.1 Å². The first-order chi connectivity index (χ1) is 11.3. The lowest BCUT2D eigenvalue weighted by Crippen LogP contribution is -2.02. The van der Waals surface area contributed by atoms with Gasteiger partial charge in [-0.3, -0.25) is 4.98 Å². The van der Waals surface area contributed by atoms with E-state index >= 15 is 0 Å². The van der Waals surface area contributed by atoms with Gasteiger partial charge in [0.05, 0.1) is 10.2 Å². The predicted molar refractivity (Wildman–Crippen MR) is 97.0 cm³/mol. The van der Waals surface area contributed by atoms with Crippen molar-refractivity contribution < 1.29 is 5.11 Å². The Kier molecular flexibility index (Phi) is 3.48. The van der Waals surface area contributed by atoms with Gasteiger partial charge in [-0.1, -0.05) is 24.3 Å². The van der Waals surface area contributed by atoms with Crippen molar-refractivity contribution in [2.75, 3.05) is 6.54 Å². The number of nitrogens with zero attached hydrogens (tertiary/aromatic N) is 1. The minimum atomic E-state index is 0.282. The standard InChI is InChI=1S/C19H16N2OS/c20-9-7-12-1-3-13(4-2-12)18-16(22)6-5-15-19(18)14-8-10-23-17(14)11-21-15/h1-6,8,10-11,22H,7,9,20H2. The van der Waals surface area contributed by atoms with E-state index in [2.05, 4.69) is 28.6 Å².